The van der Waals surface area contributed by atoms with Crippen LogP contribution in [-0.2, 0) is 0 Å². The van der Waals surface area contributed by atoms with E-state index >= 15 is 0 Å². The monoisotopic (exact) mass is 346 g/mol. The molecular formula is C15H8ClFN4OS. The normalized spacial score (nSPS) is 11.2. The first kappa shape index (κ1) is 14.1. The molecule has 114 valence electrons. The highest BCUT2D eigenvalue weighted by molar-refractivity contribution is 7.20. The predicted molar refractivity (Wildman–Crippen MR) is 89.3 cm³/mol. The Bertz CT molecular complexity index is 1110. The highest BCUT2D eigenvalue weighted by Gasteiger charge is 2.12. The van der Waals surface area contributed by atoms with Gasteiger partial charge in [0.05, 0.1) is 16.6 Å². The summed E-state index contributed by atoms with van der Waals surface area (Å²) in [5.74, 6) is -0.399. The molecular weight excluding hydrogens is 339 g/mol. The van der Waals surface area contributed by atoms with Crippen LogP contribution in [0.4, 0.5) is 15.2 Å². The molecule has 0 saturated carbocycles. The summed E-state index contributed by atoms with van der Waals surface area (Å²) in [5.41, 5.74) is 0.496. The van der Waals surface area contributed by atoms with Gasteiger partial charge in [-0.15, -0.1) is 5.10 Å². The zero-order valence-corrected chi connectivity index (χ0v) is 13.0. The minimum atomic E-state index is -0.399. The van der Waals surface area contributed by atoms with Gasteiger partial charge in [0.25, 0.3) is 5.56 Å². The molecule has 2 aromatic carbocycles. The molecule has 4 aromatic rings. The first-order valence-electron chi connectivity index (χ1n) is 6.62. The molecule has 0 aliphatic carbocycles. The van der Waals surface area contributed by atoms with Crippen LogP contribution in [-0.4, -0.2) is 14.6 Å². The van der Waals surface area contributed by atoms with Crippen molar-refractivity contribution in [2.45, 2.75) is 0 Å². The summed E-state index contributed by atoms with van der Waals surface area (Å²) in [7, 11) is 0. The zero-order chi connectivity index (χ0) is 16.0. The summed E-state index contributed by atoms with van der Waals surface area (Å²) >= 11 is 7.09. The van der Waals surface area contributed by atoms with Crippen molar-refractivity contribution in [3.63, 3.8) is 0 Å². The van der Waals surface area contributed by atoms with Gasteiger partial charge in [0, 0.05) is 5.02 Å². The van der Waals surface area contributed by atoms with E-state index in [2.05, 4.69) is 15.4 Å². The van der Waals surface area contributed by atoms with Gasteiger partial charge >= 0.3 is 0 Å². The van der Waals surface area contributed by atoms with Gasteiger partial charge in [0.1, 0.15) is 5.82 Å². The van der Waals surface area contributed by atoms with Crippen molar-refractivity contribution in [1.82, 2.24) is 14.6 Å². The summed E-state index contributed by atoms with van der Waals surface area (Å²) < 4.78 is 14.9. The lowest BCUT2D eigenvalue weighted by atomic mass is 10.2. The van der Waals surface area contributed by atoms with E-state index in [1.54, 1.807) is 36.4 Å². The van der Waals surface area contributed by atoms with E-state index in [9.17, 15) is 9.18 Å². The van der Waals surface area contributed by atoms with Crippen LogP contribution in [0.3, 0.4) is 0 Å². The van der Waals surface area contributed by atoms with Crippen molar-refractivity contribution < 1.29 is 4.39 Å². The second kappa shape index (κ2) is 5.29. The lowest BCUT2D eigenvalue weighted by molar-refractivity contribution is 0.632. The quantitative estimate of drug-likeness (QED) is 0.599. The summed E-state index contributed by atoms with van der Waals surface area (Å²) in [6.45, 7) is 0. The van der Waals surface area contributed by atoms with Gasteiger partial charge in [-0.3, -0.25) is 4.79 Å². The number of hydrogen-bond donors (Lipinski definition) is 1. The van der Waals surface area contributed by atoms with Crippen molar-refractivity contribution in [2.75, 3.05) is 5.32 Å². The number of aromatic nitrogens is 3. The van der Waals surface area contributed by atoms with Crippen LogP contribution in [0.5, 0.6) is 0 Å². The van der Waals surface area contributed by atoms with Gasteiger partial charge in [0.2, 0.25) is 10.1 Å². The van der Waals surface area contributed by atoms with Crippen molar-refractivity contribution >= 4 is 49.6 Å². The van der Waals surface area contributed by atoms with E-state index in [0.29, 0.717) is 26.0 Å². The van der Waals surface area contributed by atoms with Gasteiger partial charge in [-0.1, -0.05) is 35.1 Å². The lowest BCUT2D eigenvalue weighted by Gasteiger charge is -2.01. The molecule has 23 heavy (non-hydrogen) atoms. The number of nitrogens with one attached hydrogen (secondary N) is 1. The van der Waals surface area contributed by atoms with E-state index in [-0.39, 0.29) is 11.2 Å². The molecule has 0 amide bonds. The summed E-state index contributed by atoms with van der Waals surface area (Å²) in [4.78, 5) is 17.2. The highest BCUT2D eigenvalue weighted by atomic mass is 35.5. The Labute approximate surface area is 138 Å². The van der Waals surface area contributed by atoms with Crippen molar-refractivity contribution in [3.8, 4) is 0 Å². The third-order valence-corrected chi connectivity index (χ3v) is 4.33. The predicted octanol–water partition coefficient (Wildman–Crippen LogP) is 3.84. The molecule has 8 heteroatoms. The number of anilines is 2. The number of rotatable bonds is 2. The maximum Gasteiger partial charge on any atom is 0.283 e. The number of para-hydroxylation sites is 1. The number of benzene rings is 2. The van der Waals surface area contributed by atoms with Crippen LogP contribution < -0.4 is 10.9 Å². The Kier molecular flexibility index (Phi) is 3.24. The molecule has 0 aliphatic heterocycles. The molecule has 0 spiro atoms. The fourth-order valence-electron chi connectivity index (χ4n) is 2.21. The Morgan fingerprint density at radius 3 is 2.87 bits per heavy atom. The number of nitrogens with zero attached hydrogens (tertiary/aromatic N) is 3. The minimum Gasteiger partial charge on any atom is -0.328 e. The van der Waals surface area contributed by atoms with Crippen LogP contribution in [0.1, 0.15) is 0 Å². The van der Waals surface area contributed by atoms with Gasteiger partial charge in [0.15, 0.2) is 0 Å². The maximum atomic E-state index is 13.7. The Morgan fingerprint density at radius 2 is 2.04 bits per heavy atom. The molecule has 2 heterocycles. The second-order valence-electron chi connectivity index (χ2n) is 4.78. The molecule has 0 radical (unpaired) electrons. The van der Waals surface area contributed by atoms with E-state index in [1.807, 2.05) is 0 Å². The smallest absolute Gasteiger partial charge is 0.283 e. The average Bonchev–Trinajstić information content (AvgIpc) is 2.92. The van der Waals surface area contributed by atoms with Gasteiger partial charge in [-0.05, 0) is 30.3 Å². The third-order valence-electron chi connectivity index (χ3n) is 3.27. The maximum absolute atomic E-state index is 13.7. The Hall–Kier alpha value is -2.51. The molecule has 1 N–H and O–H groups in total. The number of hydrogen-bond acceptors (Lipinski definition) is 5. The number of fused-ring (bicyclic) bond motifs is 2. The van der Waals surface area contributed by atoms with Crippen molar-refractivity contribution in [3.05, 3.63) is 63.7 Å². The molecule has 2 aromatic heterocycles. The summed E-state index contributed by atoms with van der Waals surface area (Å²) in [6.07, 6.45) is 0. The molecule has 0 unspecified atom stereocenters. The minimum absolute atomic E-state index is 0.284. The topological polar surface area (TPSA) is 59.3 Å². The SMILES string of the molecule is O=c1c2ccc(Cl)cc2nc2sc(Nc3ccccc3F)nn12. The fraction of sp³-hybridized carbons (Fsp3) is 0. The Morgan fingerprint density at radius 1 is 1.22 bits per heavy atom. The molecule has 5 nitrogen and oxygen atoms in total. The molecule has 0 saturated heterocycles. The van der Waals surface area contributed by atoms with E-state index in [0.717, 1.165) is 11.3 Å². The van der Waals surface area contributed by atoms with Gasteiger partial charge in [-0.25, -0.2) is 9.37 Å². The van der Waals surface area contributed by atoms with Crippen molar-refractivity contribution in [2.24, 2.45) is 0 Å². The first-order valence-corrected chi connectivity index (χ1v) is 7.82. The van der Waals surface area contributed by atoms with Crippen LogP contribution in [0.2, 0.25) is 5.02 Å². The summed E-state index contributed by atoms with van der Waals surface area (Å²) in [6, 6.07) is 11.1. The molecule has 0 aliphatic rings. The third kappa shape index (κ3) is 2.43. The van der Waals surface area contributed by atoms with Crippen molar-refractivity contribution in [1.29, 1.82) is 0 Å². The molecule has 4 rings (SSSR count). The van der Waals surface area contributed by atoms with E-state index < -0.39 is 5.82 Å². The average molecular weight is 347 g/mol. The Balaban J connectivity index is 1.88. The van der Waals surface area contributed by atoms with E-state index in [1.165, 1.54) is 10.6 Å². The van der Waals surface area contributed by atoms with E-state index in [4.69, 9.17) is 11.6 Å². The molecule has 0 atom stereocenters. The standard InChI is InChI=1S/C15H8ClFN4OS/c16-8-5-6-9-12(7-8)19-15-21(13(9)22)20-14(23-15)18-11-4-2-1-3-10(11)17/h1-7H,(H,18,20). The van der Waals surface area contributed by atoms with Gasteiger partial charge in [-0.2, -0.15) is 4.52 Å². The summed E-state index contributed by atoms with van der Waals surface area (Å²) in [5, 5.41) is 8.34. The fourth-order valence-corrected chi connectivity index (χ4v) is 3.19. The molecule has 0 fully saturated rings. The van der Waals surface area contributed by atoms with Crippen LogP contribution in [0.15, 0.2) is 47.3 Å². The lowest BCUT2D eigenvalue weighted by Crippen LogP contribution is -2.15. The number of halogens is 2. The first-order chi connectivity index (χ1) is 11.1. The van der Waals surface area contributed by atoms with Crippen LogP contribution in [0, 0.1) is 5.82 Å². The highest BCUT2D eigenvalue weighted by Crippen LogP contribution is 2.24. The van der Waals surface area contributed by atoms with Crippen LogP contribution >= 0.6 is 22.9 Å². The zero-order valence-electron chi connectivity index (χ0n) is 11.5. The molecule has 0 bridgehead atoms. The van der Waals surface area contributed by atoms with Crippen LogP contribution in [0.25, 0.3) is 15.9 Å². The second-order valence-corrected chi connectivity index (χ2v) is 6.18. The van der Waals surface area contributed by atoms with Gasteiger partial charge < -0.3 is 5.32 Å². The largest absolute Gasteiger partial charge is 0.328 e.